The number of hydrogen-bond acceptors (Lipinski definition) is 5. The highest BCUT2D eigenvalue weighted by molar-refractivity contribution is 7.05. The fourth-order valence-electron chi connectivity index (χ4n) is 2.35. The molecular formula is C15H25N5S. The molecule has 5 nitrogen and oxygen atoms in total. The summed E-state index contributed by atoms with van der Waals surface area (Å²) in [5.74, 6) is 1.04. The van der Waals surface area contributed by atoms with Gasteiger partial charge in [0.2, 0.25) is 0 Å². The second-order valence-corrected chi connectivity index (χ2v) is 6.98. The molecule has 21 heavy (non-hydrogen) atoms. The van der Waals surface area contributed by atoms with Gasteiger partial charge < -0.3 is 9.88 Å². The van der Waals surface area contributed by atoms with Crippen LogP contribution in [-0.2, 0) is 12.0 Å². The zero-order valence-corrected chi connectivity index (χ0v) is 14.4. The number of aromatic nitrogens is 4. The van der Waals surface area contributed by atoms with E-state index in [9.17, 15) is 0 Å². The maximum Gasteiger partial charge on any atom is 0.131 e. The highest BCUT2D eigenvalue weighted by Crippen LogP contribution is 2.33. The zero-order chi connectivity index (χ0) is 15.5. The third-order valence-electron chi connectivity index (χ3n) is 3.43. The van der Waals surface area contributed by atoms with E-state index in [4.69, 9.17) is 0 Å². The van der Waals surface area contributed by atoms with E-state index < -0.39 is 0 Å². The Kier molecular flexibility index (Phi) is 5.11. The van der Waals surface area contributed by atoms with Gasteiger partial charge >= 0.3 is 0 Å². The second-order valence-electron chi connectivity index (χ2n) is 6.19. The van der Waals surface area contributed by atoms with Crippen LogP contribution in [0, 0.1) is 0 Å². The minimum atomic E-state index is -0.0158. The molecule has 0 aliphatic rings. The summed E-state index contributed by atoms with van der Waals surface area (Å²) in [4.78, 5) is 5.75. The van der Waals surface area contributed by atoms with E-state index in [0.717, 1.165) is 31.0 Å². The third-order valence-corrected chi connectivity index (χ3v) is 4.22. The highest BCUT2D eigenvalue weighted by atomic mass is 32.1. The topological polar surface area (TPSA) is 55.6 Å². The Balaban J connectivity index is 2.44. The average molecular weight is 307 g/mol. The van der Waals surface area contributed by atoms with Gasteiger partial charge in [0.15, 0.2) is 0 Å². The summed E-state index contributed by atoms with van der Waals surface area (Å²) >= 11 is 1.48. The molecule has 116 valence electrons. The molecule has 1 N–H and O–H groups in total. The number of imidazole rings is 1. The van der Waals surface area contributed by atoms with Crippen LogP contribution in [0.5, 0.6) is 0 Å². The molecule has 0 bridgehead atoms. The molecule has 0 aromatic carbocycles. The van der Waals surface area contributed by atoms with Crippen molar-refractivity contribution < 1.29 is 0 Å². The van der Waals surface area contributed by atoms with Crippen molar-refractivity contribution in [3.8, 4) is 0 Å². The lowest BCUT2D eigenvalue weighted by molar-refractivity contribution is 0.515. The molecule has 0 fully saturated rings. The Labute approximate surface area is 131 Å². The molecule has 0 saturated heterocycles. The minimum absolute atomic E-state index is 0.0158. The van der Waals surface area contributed by atoms with Crippen LogP contribution in [0.25, 0.3) is 0 Å². The first-order valence-electron chi connectivity index (χ1n) is 7.56. The minimum Gasteiger partial charge on any atom is -0.334 e. The van der Waals surface area contributed by atoms with Gasteiger partial charge in [0, 0.05) is 24.4 Å². The van der Waals surface area contributed by atoms with Crippen molar-refractivity contribution in [3.63, 3.8) is 0 Å². The molecule has 2 heterocycles. The molecule has 1 unspecified atom stereocenters. The fraction of sp³-hybridized carbons (Fsp3) is 0.667. The van der Waals surface area contributed by atoms with E-state index in [2.05, 4.69) is 59.1 Å². The number of rotatable bonds is 6. The monoisotopic (exact) mass is 307 g/mol. The van der Waals surface area contributed by atoms with Crippen molar-refractivity contribution in [2.24, 2.45) is 0 Å². The van der Waals surface area contributed by atoms with Crippen molar-refractivity contribution in [3.05, 3.63) is 28.8 Å². The van der Waals surface area contributed by atoms with Gasteiger partial charge in [-0.2, -0.15) is 0 Å². The third kappa shape index (κ3) is 3.49. The summed E-state index contributed by atoms with van der Waals surface area (Å²) in [6.07, 6.45) is 4.98. The van der Waals surface area contributed by atoms with Gasteiger partial charge in [0.05, 0.1) is 10.6 Å². The van der Waals surface area contributed by atoms with Crippen LogP contribution in [-0.4, -0.2) is 25.7 Å². The van der Waals surface area contributed by atoms with Crippen LogP contribution in [0.4, 0.5) is 0 Å². The Hall–Kier alpha value is -1.27. The molecular weight excluding hydrogens is 282 g/mol. The van der Waals surface area contributed by atoms with E-state index in [1.54, 1.807) is 0 Å². The quantitative estimate of drug-likeness (QED) is 0.891. The predicted molar refractivity (Wildman–Crippen MR) is 86.6 cm³/mol. The first-order valence-corrected chi connectivity index (χ1v) is 8.33. The van der Waals surface area contributed by atoms with Crippen LogP contribution in [0.1, 0.15) is 63.5 Å². The number of aryl methyl sites for hydroxylation is 1. The standard InChI is InChI=1S/C15H25N5S/c1-6-8-16-11(14-17-9-10-20(14)7-2)12-13(15(3,4)5)18-19-21-12/h9-11,16H,6-8H2,1-5H3. The summed E-state index contributed by atoms with van der Waals surface area (Å²) in [6.45, 7) is 12.7. The van der Waals surface area contributed by atoms with E-state index in [-0.39, 0.29) is 11.5 Å². The lowest BCUT2D eigenvalue weighted by Gasteiger charge is -2.23. The Morgan fingerprint density at radius 3 is 2.71 bits per heavy atom. The number of hydrogen-bond donors (Lipinski definition) is 1. The fourth-order valence-corrected chi connectivity index (χ4v) is 3.28. The number of nitrogens with one attached hydrogen (secondary N) is 1. The highest BCUT2D eigenvalue weighted by Gasteiger charge is 2.29. The SMILES string of the molecule is CCCNC(c1snnc1C(C)(C)C)c1nccn1CC. The number of nitrogens with zero attached hydrogens (tertiary/aromatic N) is 4. The van der Waals surface area contributed by atoms with Gasteiger partial charge in [-0.15, -0.1) is 5.10 Å². The second kappa shape index (κ2) is 6.66. The van der Waals surface area contributed by atoms with Gasteiger partial charge in [-0.3, -0.25) is 0 Å². The largest absolute Gasteiger partial charge is 0.334 e. The molecule has 0 radical (unpaired) electrons. The van der Waals surface area contributed by atoms with Gasteiger partial charge in [0.25, 0.3) is 0 Å². The summed E-state index contributed by atoms with van der Waals surface area (Å²) in [7, 11) is 0. The molecule has 0 saturated carbocycles. The van der Waals surface area contributed by atoms with Crippen molar-refractivity contribution in [1.29, 1.82) is 0 Å². The molecule has 2 aromatic heterocycles. The predicted octanol–water partition coefficient (Wildman–Crippen LogP) is 3.14. The smallest absolute Gasteiger partial charge is 0.131 e. The van der Waals surface area contributed by atoms with E-state index in [0.29, 0.717) is 0 Å². The van der Waals surface area contributed by atoms with Gasteiger partial charge in [-0.1, -0.05) is 32.2 Å². The lowest BCUT2D eigenvalue weighted by Crippen LogP contribution is -2.28. The molecule has 6 heteroatoms. The first-order chi connectivity index (χ1) is 9.99. The van der Waals surface area contributed by atoms with Gasteiger partial charge in [-0.05, 0) is 31.4 Å². The summed E-state index contributed by atoms with van der Waals surface area (Å²) < 4.78 is 6.38. The van der Waals surface area contributed by atoms with Gasteiger partial charge in [0.1, 0.15) is 11.9 Å². The van der Waals surface area contributed by atoms with Crippen molar-refractivity contribution >= 4 is 11.5 Å². The molecule has 0 amide bonds. The maximum absolute atomic E-state index is 4.57. The summed E-state index contributed by atoms with van der Waals surface area (Å²) in [6, 6.07) is 0.0640. The summed E-state index contributed by atoms with van der Waals surface area (Å²) in [5.41, 5.74) is 1.05. The van der Waals surface area contributed by atoms with Crippen LogP contribution >= 0.6 is 11.5 Å². The van der Waals surface area contributed by atoms with Gasteiger partial charge in [-0.25, -0.2) is 4.98 Å². The van der Waals surface area contributed by atoms with Crippen LogP contribution in [0.15, 0.2) is 12.4 Å². The van der Waals surface area contributed by atoms with E-state index in [1.165, 1.54) is 16.4 Å². The molecule has 0 aliphatic heterocycles. The molecule has 0 aliphatic carbocycles. The van der Waals surface area contributed by atoms with Crippen LogP contribution < -0.4 is 5.32 Å². The van der Waals surface area contributed by atoms with Crippen LogP contribution in [0.3, 0.4) is 0 Å². The Morgan fingerprint density at radius 1 is 1.33 bits per heavy atom. The molecule has 2 aromatic rings. The normalized spacial score (nSPS) is 13.6. The van der Waals surface area contributed by atoms with Crippen LogP contribution in [0.2, 0.25) is 0 Å². The average Bonchev–Trinajstić information content (AvgIpc) is 3.07. The molecule has 0 spiro atoms. The first kappa shape index (κ1) is 16.1. The van der Waals surface area contributed by atoms with E-state index >= 15 is 0 Å². The van der Waals surface area contributed by atoms with Crippen molar-refractivity contribution in [2.75, 3.05) is 6.54 Å². The summed E-state index contributed by atoms with van der Waals surface area (Å²) in [5, 5.41) is 7.98. The Morgan fingerprint density at radius 2 is 2.10 bits per heavy atom. The maximum atomic E-state index is 4.57. The van der Waals surface area contributed by atoms with E-state index in [1.807, 2.05) is 12.4 Å². The molecule has 1 atom stereocenters. The Bertz CT molecular complexity index is 567. The zero-order valence-electron chi connectivity index (χ0n) is 13.6. The molecule has 2 rings (SSSR count). The lowest BCUT2D eigenvalue weighted by atomic mass is 9.90. The van der Waals surface area contributed by atoms with Crippen molar-refractivity contribution in [1.82, 2.24) is 24.5 Å². The van der Waals surface area contributed by atoms with Crippen molar-refractivity contribution in [2.45, 2.75) is 59.0 Å².